The van der Waals surface area contributed by atoms with Crippen LogP contribution in [0.15, 0.2) is 0 Å². The van der Waals surface area contributed by atoms with E-state index in [1.54, 1.807) is 4.90 Å². The number of carbonyl (C=O) groups is 2. The second-order valence-electron chi connectivity index (χ2n) is 7.41. The summed E-state index contributed by atoms with van der Waals surface area (Å²) in [7, 11) is 0. The molecular formula is C19H36N2O5. The van der Waals surface area contributed by atoms with E-state index < -0.39 is 12.1 Å². The highest BCUT2D eigenvalue weighted by Gasteiger charge is 2.34. The van der Waals surface area contributed by atoms with E-state index in [1.165, 1.54) is 0 Å². The molecule has 3 unspecified atom stereocenters. The summed E-state index contributed by atoms with van der Waals surface area (Å²) < 4.78 is 5.60. The standard InChI is InChI=1S/C19H36N2O5/c1-4-5-6-7-18(24)20-15(12-22)8-9-19(25)21-11-17(23)10-16(21)13-26-14(2)3/h14-17,22-23H,4-13H2,1-3H3,(H,20,24). The zero-order chi connectivity index (χ0) is 19.5. The summed E-state index contributed by atoms with van der Waals surface area (Å²) in [4.78, 5) is 26.1. The van der Waals surface area contributed by atoms with Gasteiger partial charge in [0.05, 0.1) is 37.5 Å². The van der Waals surface area contributed by atoms with Crippen molar-refractivity contribution in [2.75, 3.05) is 19.8 Å². The summed E-state index contributed by atoms with van der Waals surface area (Å²) in [5.41, 5.74) is 0. The van der Waals surface area contributed by atoms with Gasteiger partial charge >= 0.3 is 0 Å². The minimum Gasteiger partial charge on any atom is -0.394 e. The van der Waals surface area contributed by atoms with Gasteiger partial charge in [-0.1, -0.05) is 19.8 Å². The van der Waals surface area contributed by atoms with Gasteiger partial charge in [0.15, 0.2) is 0 Å². The van der Waals surface area contributed by atoms with E-state index in [0.29, 0.717) is 32.4 Å². The molecule has 0 bridgehead atoms. The van der Waals surface area contributed by atoms with Crippen molar-refractivity contribution in [1.29, 1.82) is 0 Å². The molecule has 152 valence electrons. The van der Waals surface area contributed by atoms with Crippen LogP contribution in [-0.4, -0.2) is 71.0 Å². The van der Waals surface area contributed by atoms with Crippen LogP contribution in [0.4, 0.5) is 0 Å². The number of hydrogen-bond donors (Lipinski definition) is 3. The van der Waals surface area contributed by atoms with Gasteiger partial charge in [0.1, 0.15) is 0 Å². The molecule has 0 aromatic heterocycles. The third-order valence-electron chi connectivity index (χ3n) is 4.63. The Morgan fingerprint density at radius 1 is 1.27 bits per heavy atom. The van der Waals surface area contributed by atoms with Crippen LogP contribution in [0.1, 0.15) is 65.7 Å². The number of β-amino-alcohol motifs (C(OH)–C–C–N with tert-alkyl or cyclic N) is 1. The maximum atomic E-state index is 12.5. The van der Waals surface area contributed by atoms with Crippen molar-refractivity contribution in [3.05, 3.63) is 0 Å². The molecule has 7 heteroatoms. The Morgan fingerprint density at radius 2 is 2.00 bits per heavy atom. The number of ether oxygens (including phenoxy) is 1. The fourth-order valence-electron chi connectivity index (χ4n) is 3.14. The Hall–Kier alpha value is -1.18. The molecule has 26 heavy (non-hydrogen) atoms. The fraction of sp³-hybridized carbons (Fsp3) is 0.895. The fourth-order valence-corrected chi connectivity index (χ4v) is 3.14. The number of nitrogens with one attached hydrogen (secondary N) is 1. The summed E-state index contributed by atoms with van der Waals surface area (Å²) in [5.74, 6) is -0.151. The van der Waals surface area contributed by atoms with E-state index in [4.69, 9.17) is 4.74 Å². The number of aliphatic hydroxyl groups is 2. The number of nitrogens with zero attached hydrogens (tertiary/aromatic N) is 1. The second-order valence-corrected chi connectivity index (χ2v) is 7.41. The Labute approximate surface area is 157 Å². The van der Waals surface area contributed by atoms with E-state index in [2.05, 4.69) is 12.2 Å². The van der Waals surface area contributed by atoms with Gasteiger partial charge in [-0.25, -0.2) is 0 Å². The van der Waals surface area contributed by atoms with Crippen LogP contribution in [0.5, 0.6) is 0 Å². The average Bonchev–Trinajstić information content (AvgIpc) is 2.97. The maximum absolute atomic E-state index is 12.5. The number of likely N-dealkylation sites (tertiary alicyclic amines) is 1. The predicted molar refractivity (Wildman–Crippen MR) is 99.6 cm³/mol. The molecule has 0 radical (unpaired) electrons. The highest BCUT2D eigenvalue weighted by atomic mass is 16.5. The Morgan fingerprint density at radius 3 is 2.62 bits per heavy atom. The van der Waals surface area contributed by atoms with Crippen molar-refractivity contribution in [3.8, 4) is 0 Å². The van der Waals surface area contributed by atoms with Gasteiger partial charge in [-0.2, -0.15) is 0 Å². The summed E-state index contributed by atoms with van der Waals surface area (Å²) in [6.45, 7) is 6.50. The predicted octanol–water partition coefficient (Wildman–Crippen LogP) is 1.21. The molecular weight excluding hydrogens is 336 g/mol. The van der Waals surface area contributed by atoms with Crippen LogP contribution in [0.2, 0.25) is 0 Å². The molecule has 1 aliphatic rings. The Bertz CT molecular complexity index is 430. The molecule has 0 saturated carbocycles. The average molecular weight is 373 g/mol. The largest absolute Gasteiger partial charge is 0.394 e. The molecule has 0 aromatic rings. The lowest BCUT2D eigenvalue weighted by molar-refractivity contribution is -0.134. The first-order chi connectivity index (χ1) is 12.4. The maximum Gasteiger partial charge on any atom is 0.223 e. The van der Waals surface area contributed by atoms with Crippen molar-refractivity contribution >= 4 is 11.8 Å². The molecule has 3 N–H and O–H groups in total. The Kier molecular flexibility index (Phi) is 10.8. The van der Waals surface area contributed by atoms with Crippen LogP contribution in [0.3, 0.4) is 0 Å². The topological polar surface area (TPSA) is 99.1 Å². The molecule has 0 spiro atoms. The highest BCUT2D eigenvalue weighted by Crippen LogP contribution is 2.20. The van der Waals surface area contributed by atoms with Crippen molar-refractivity contribution < 1.29 is 24.5 Å². The highest BCUT2D eigenvalue weighted by molar-refractivity contribution is 5.78. The third kappa shape index (κ3) is 8.47. The van der Waals surface area contributed by atoms with Crippen LogP contribution < -0.4 is 5.32 Å². The van der Waals surface area contributed by atoms with Gasteiger partial charge in [-0.3, -0.25) is 9.59 Å². The number of unbranched alkanes of at least 4 members (excludes halogenated alkanes) is 2. The quantitative estimate of drug-likeness (QED) is 0.447. The number of hydrogen-bond acceptors (Lipinski definition) is 5. The van der Waals surface area contributed by atoms with Crippen molar-refractivity contribution in [1.82, 2.24) is 10.2 Å². The van der Waals surface area contributed by atoms with E-state index in [0.717, 1.165) is 19.3 Å². The van der Waals surface area contributed by atoms with E-state index in [-0.39, 0.29) is 37.0 Å². The summed E-state index contributed by atoms with van der Waals surface area (Å²) in [6.07, 6.45) is 4.04. The SMILES string of the molecule is CCCCCC(=O)NC(CO)CCC(=O)N1CC(O)CC1COC(C)C. The number of amides is 2. The van der Waals surface area contributed by atoms with Crippen molar-refractivity contribution in [2.45, 2.75) is 90.0 Å². The molecule has 7 nitrogen and oxygen atoms in total. The van der Waals surface area contributed by atoms with Crippen LogP contribution >= 0.6 is 0 Å². The summed E-state index contributed by atoms with van der Waals surface area (Å²) in [6, 6.07) is -0.526. The summed E-state index contributed by atoms with van der Waals surface area (Å²) in [5, 5.41) is 22.1. The zero-order valence-electron chi connectivity index (χ0n) is 16.4. The molecule has 2 amide bonds. The first kappa shape index (κ1) is 22.9. The molecule has 1 rings (SSSR count). The third-order valence-corrected chi connectivity index (χ3v) is 4.63. The first-order valence-corrected chi connectivity index (χ1v) is 9.86. The first-order valence-electron chi connectivity index (χ1n) is 9.86. The van der Waals surface area contributed by atoms with Crippen LogP contribution in [0, 0.1) is 0 Å². The zero-order valence-corrected chi connectivity index (χ0v) is 16.4. The lowest BCUT2D eigenvalue weighted by atomic mass is 10.1. The number of aliphatic hydroxyl groups excluding tert-OH is 2. The van der Waals surface area contributed by atoms with Gasteiger partial charge in [0.25, 0.3) is 0 Å². The van der Waals surface area contributed by atoms with Gasteiger partial charge in [0.2, 0.25) is 11.8 Å². The smallest absolute Gasteiger partial charge is 0.223 e. The van der Waals surface area contributed by atoms with Crippen molar-refractivity contribution in [2.24, 2.45) is 0 Å². The number of carbonyl (C=O) groups excluding carboxylic acids is 2. The summed E-state index contributed by atoms with van der Waals surface area (Å²) >= 11 is 0. The molecule has 1 fully saturated rings. The van der Waals surface area contributed by atoms with Crippen LogP contribution in [0.25, 0.3) is 0 Å². The van der Waals surface area contributed by atoms with E-state index in [9.17, 15) is 19.8 Å². The Balaban J connectivity index is 2.42. The van der Waals surface area contributed by atoms with Crippen molar-refractivity contribution in [3.63, 3.8) is 0 Å². The minimum atomic E-state index is -0.522. The van der Waals surface area contributed by atoms with Gasteiger partial charge in [-0.15, -0.1) is 0 Å². The molecule has 0 aliphatic carbocycles. The second kappa shape index (κ2) is 12.3. The number of rotatable bonds is 12. The van der Waals surface area contributed by atoms with E-state index >= 15 is 0 Å². The monoisotopic (exact) mass is 372 g/mol. The molecule has 0 aromatic carbocycles. The van der Waals surface area contributed by atoms with Crippen LogP contribution in [-0.2, 0) is 14.3 Å². The molecule has 1 saturated heterocycles. The molecule has 1 aliphatic heterocycles. The van der Waals surface area contributed by atoms with Gasteiger partial charge < -0.3 is 25.2 Å². The normalized spacial score (nSPS) is 21.2. The minimum absolute atomic E-state index is 0.0717. The van der Waals surface area contributed by atoms with Gasteiger partial charge in [0, 0.05) is 19.4 Å². The molecule has 1 heterocycles. The van der Waals surface area contributed by atoms with Gasteiger partial charge in [-0.05, 0) is 33.1 Å². The lowest BCUT2D eigenvalue weighted by Gasteiger charge is -2.26. The molecule has 3 atom stereocenters. The van der Waals surface area contributed by atoms with E-state index in [1.807, 2.05) is 13.8 Å². The lowest BCUT2D eigenvalue weighted by Crippen LogP contribution is -2.41.